The van der Waals surface area contributed by atoms with Crippen LogP contribution in [0.5, 0.6) is 0 Å². The first-order valence-corrected chi connectivity index (χ1v) is 7.07. The molecule has 0 N–H and O–H groups in total. The molecule has 0 amide bonds. The highest BCUT2D eigenvalue weighted by molar-refractivity contribution is 5.77. The van der Waals surface area contributed by atoms with Crippen molar-refractivity contribution in [2.24, 2.45) is 0 Å². The van der Waals surface area contributed by atoms with Crippen LogP contribution in [0.15, 0.2) is 29.1 Å². The summed E-state index contributed by atoms with van der Waals surface area (Å²) in [7, 11) is 2.12. The standard InChI is InChI=1S/C15H17N3O2/c1-17-8-9-20-13-12(17)6-7-18-14(13)16-11-5-3-2-4-10(11)15(18)19/h2-5,12-13H,6-9H2,1H3/t12-,13+/m1/s1. The van der Waals surface area contributed by atoms with Crippen LogP contribution in [0.4, 0.5) is 0 Å². The van der Waals surface area contributed by atoms with Crippen LogP contribution < -0.4 is 5.56 Å². The largest absolute Gasteiger partial charge is 0.367 e. The summed E-state index contributed by atoms with van der Waals surface area (Å²) in [6.45, 7) is 2.36. The zero-order chi connectivity index (χ0) is 13.7. The van der Waals surface area contributed by atoms with Gasteiger partial charge >= 0.3 is 0 Å². The van der Waals surface area contributed by atoms with E-state index in [2.05, 4.69) is 11.9 Å². The van der Waals surface area contributed by atoms with Gasteiger partial charge in [-0.3, -0.25) is 14.3 Å². The van der Waals surface area contributed by atoms with E-state index in [1.54, 1.807) is 4.57 Å². The summed E-state index contributed by atoms with van der Waals surface area (Å²) in [5, 5.41) is 0.693. The zero-order valence-corrected chi connectivity index (χ0v) is 11.5. The molecule has 1 fully saturated rings. The first-order valence-electron chi connectivity index (χ1n) is 7.07. The average Bonchev–Trinajstić information content (AvgIpc) is 2.48. The van der Waals surface area contributed by atoms with E-state index in [1.807, 2.05) is 24.3 Å². The van der Waals surface area contributed by atoms with Crippen molar-refractivity contribution < 1.29 is 4.74 Å². The van der Waals surface area contributed by atoms with Crippen LogP contribution in [0.25, 0.3) is 10.9 Å². The molecule has 0 radical (unpaired) electrons. The van der Waals surface area contributed by atoms with E-state index in [0.717, 1.165) is 30.9 Å². The third-order valence-electron chi connectivity index (χ3n) is 4.45. The lowest BCUT2D eigenvalue weighted by Gasteiger charge is -2.42. The molecule has 20 heavy (non-hydrogen) atoms. The Balaban J connectivity index is 1.94. The van der Waals surface area contributed by atoms with E-state index in [-0.39, 0.29) is 11.7 Å². The maximum atomic E-state index is 12.6. The van der Waals surface area contributed by atoms with Gasteiger partial charge in [0.2, 0.25) is 0 Å². The molecule has 0 bridgehead atoms. The van der Waals surface area contributed by atoms with Gasteiger partial charge in [-0.2, -0.15) is 0 Å². The Kier molecular flexibility index (Phi) is 2.65. The maximum absolute atomic E-state index is 12.6. The number of hydrogen-bond acceptors (Lipinski definition) is 4. The molecule has 3 heterocycles. The average molecular weight is 271 g/mol. The van der Waals surface area contributed by atoms with Crippen molar-refractivity contribution in [2.45, 2.75) is 25.1 Å². The number of aromatic nitrogens is 2. The maximum Gasteiger partial charge on any atom is 0.261 e. The lowest BCUT2D eigenvalue weighted by molar-refractivity contribution is -0.0818. The molecular weight excluding hydrogens is 254 g/mol. The highest BCUT2D eigenvalue weighted by Gasteiger charge is 2.37. The summed E-state index contributed by atoms with van der Waals surface area (Å²) in [5.41, 5.74) is 0.821. The second kappa shape index (κ2) is 4.40. The Morgan fingerprint density at radius 3 is 3.05 bits per heavy atom. The Labute approximate surface area is 116 Å². The van der Waals surface area contributed by atoms with Gasteiger partial charge in [-0.05, 0) is 25.6 Å². The lowest BCUT2D eigenvalue weighted by atomic mass is 9.99. The number of hydrogen-bond donors (Lipinski definition) is 0. The van der Waals surface area contributed by atoms with Gasteiger partial charge < -0.3 is 4.74 Å². The number of fused-ring (bicyclic) bond motifs is 4. The third kappa shape index (κ3) is 1.63. The molecule has 2 atom stereocenters. The van der Waals surface area contributed by atoms with Gasteiger partial charge in [0, 0.05) is 19.1 Å². The van der Waals surface area contributed by atoms with Crippen LogP contribution >= 0.6 is 0 Å². The van der Waals surface area contributed by atoms with Crippen molar-refractivity contribution in [1.82, 2.24) is 14.5 Å². The van der Waals surface area contributed by atoms with E-state index < -0.39 is 0 Å². The molecule has 1 saturated heterocycles. The molecule has 0 aliphatic carbocycles. The Morgan fingerprint density at radius 2 is 2.15 bits per heavy atom. The fourth-order valence-corrected chi connectivity index (χ4v) is 3.33. The molecule has 1 aromatic heterocycles. The molecule has 2 aliphatic rings. The van der Waals surface area contributed by atoms with Crippen LogP contribution in [-0.4, -0.2) is 40.7 Å². The first kappa shape index (κ1) is 12.1. The van der Waals surface area contributed by atoms with Crippen LogP contribution in [0.2, 0.25) is 0 Å². The smallest absolute Gasteiger partial charge is 0.261 e. The van der Waals surface area contributed by atoms with Crippen molar-refractivity contribution in [3.05, 3.63) is 40.4 Å². The fourth-order valence-electron chi connectivity index (χ4n) is 3.33. The van der Waals surface area contributed by atoms with Gasteiger partial charge in [-0.15, -0.1) is 0 Å². The minimum atomic E-state index is -0.0835. The third-order valence-corrected chi connectivity index (χ3v) is 4.45. The summed E-state index contributed by atoms with van der Waals surface area (Å²) < 4.78 is 7.71. The van der Waals surface area contributed by atoms with Crippen LogP contribution in [0, 0.1) is 0 Å². The minimum Gasteiger partial charge on any atom is -0.367 e. The number of nitrogens with zero attached hydrogens (tertiary/aromatic N) is 3. The summed E-state index contributed by atoms with van der Waals surface area (Å²) in [6.07, 6.45) is 0.855. The van der Waals surface area contributed by atoms with Crippen molar-refractivity contribution in [2.75, 3.05) is 20.2 Å². The molecule has 5 nitrogen and oxygen atoms in total. The number of rotatable bonds is 0. The number of likely N-dealkylation sites (N-methyl/N-ethyl adjacent to an activating group) is 1. The van der Waals surface area contributed by atoms with Crippen LogP contribution in [-0.2, 0) is 11.3 Å². The van der Waals surface area contributed by atoms with Crippen molar-refractivity contribution >= 4 is 10.9 Å². The molecule has 1 aromatic carbocycles. The summed E-state index contributed by atoms with van der Waals surface area (Å²) in [6, 6.07) is 7.87. The van der Waals surface area contributed by atoms with E-state index >= 15 is 0 Å². The van der Waals surface area contributed by atoms with Gasteiger partial charge in [-0.1, -0.05) is 12.1 Å². The Morgan fingerprint density at radius 1 is 1.30 bits per heavy atom. The molecule has 2 aliphatic heterocycles. The Hall–Kier alpha value is -1.72. The summed E-state index contributed by atoms with van der Waals surface area (Å²) in [4.78, 5) is 19.6. The van der Waals surface area contributed by atoms with Crippen molar-refractivity contribution in [3.63, 3.8) is 0 Å². The highest BCUT2D eigenvalue weighted by atomic mass is 16.5. The van der Waals surface area contributed by atoms with Crippen LogP contribution in [0.3, 0.4) is 0 Å². The number of para-hydroxylation sites is 1. The van der Waals surface area contributed by atoms with Crippen LogP contribution in [0.1, 0.15) is 18.3 Å². The SMILES string of the molecule is CN1CCO[C@@H]2c3nc4ccccc4c(=O)n3CC[C@H]21. The van der Waals surface area contributed by atoms with Crippen molar-refractivity contribution in [3.8, 4) is 0 Å². The van der Waals surface area contributed by atoms with E-state index in [1.165, 1.54) is 0 Å². The molecule has 0 saturated carbocycles. The normalized spacial score (nSPS) is 26.2. The van der Waals surface area contributed by atoms with Crippen molar-refractivity contribution in [1.29, 1.82) is 0 Å². The number of benzene rings is 1. The topological polar surface area (TPSA) is 47.4 Å². The number of morpholine rings is 1. The van der Waals surface area contributed by atoms with Gasteiger partial charge in [0.1, 0.15) is 11.9 Å². The second-order valence-electron chi connectivity index (χ2n) is 5.57. The summed E-state index contributed by atoms with van der Waals surface area (Å²) in [5.74, 6) is 0.788. The monoisotopic (exact) mass is 271 g/mol. The molecular formula is C15H17N3O2. The molecule has 5 heteroatoms. The highest BCUT2D eigenvalue weighted by Crippen LogP contribution is 2.32. The molecule has 104 valence electrons. The molecule has 2 aromatic rings. The molecule has 0 spiro atoms. The van der Waals surface area contributed by atoms with Gasteiger partial charge in [0.25, 0.3) is 5.56 Å². The zero-order valence-electron chi connectivity index (χ0n) is 11.5. The predicted molar refractivity (Wildman–Crippen MR) is 75.7 cm³/mol. The van der Waals surface area contributed by atoms with Gasteiger partial charge in [0.15, 0.2) is 0 Å². The predicted octanol–water partition coefficient (Wildman–Crippen LogP) is 1.17. The molecule has 4 rings (SSSR count). The van der Waals surface area contributed by atoms with E-state index in [0.29, 0.717) is 18.0 Å². The molecule has 0 unspecified atom stereocenters. The minimum absolute atomic E-state index is 0.0564. The quantitative estimate of drug-likeness (QED) is 0.721. The number of ether oxygens (including phenoxy) is 1. The van der Waals surface area contributed by atoms with E-state index in [9.17, 15) is 4.79 Å². The summed E-state index contributed by atoms with van der Waals surface area (Å²) >= 11 is 0. The lowest BCUT2D eigenvalue weighted by Crippen LogP contribution is -2.50. The van der Waals surface area contributed by atoms with E-state index in [4.69, 9.17) is 9.72 Å². The van der Waals surface area contributed by atoms with Gasteiger partial charge in [-0.25, -0.2) is 4.98 Å². The van der Waals surface area contributed by atoms with Gasteiger partial charge in [0.05, 0.1) is 17.5 Å². The fraction of sp³-hybridized carbons (Fsp3) is 0.467. The second-order valence-corrected chi connectivity index (χ2v) is 5.57. The first-order chi connectivity index (χ1) is 9.75. The Bertz CT molecular complexity index is 725.